The van der Waals surface area contributed by atoms with Crippen LogP contribution in [0.2, 0.25) is 5.02 Å². The second kappa shape index (κ2) is 7.58. The Balaban J connectivity index is 1.87. The normalized spacial score (nSPS) is 12.6. The zero-order valence-electron chi connectivity index (χ0n) is 14.9. The van der Waals surface area contributed by atoms with E-state index in [2.05, 4.69) is 5.32 Å². The zero-order chi connectivity index (χ0) is 19.6. The van der Waals surface area contributed by atoms with Crippen LogP contribution < -0.4 is 9.62 Å². The summed E-state index contributed by atoms with van der Waals surface area (Å²) < 4.78 is 25.7. The first kappa shape index (κ1) is 19.2. The number of benzene rings is 3. The van der Waals surface area contributed by atoms with E-state index < -0.39 is 22.0 Å². The van der Waals surface area contributed by atoms with Crippen molar-refractivity contribution < 1.29 is 13.2 Å². The quantitative estimate of drug-likeness (QED) is 0.692. The van der Waals surface area contributed by atoms with Crippen LogP contribution in [0.25, 0.3) is 10.8 Å². The maximum atomic E-state index is 12.7. The lowest BCUT2D eigenvalue weighted by molar-refractivity contribution is -0.116. The van der Waals surface area contributed by atoms with Crippen LogP contribution in [-0.2, 0) is 14.8 Å². The van der Waals surface area contributed by atoms with Gasteiger partial charge in [-0.1, -0.05) is 41.9 Å². The minimum Gasteiger partial charge on any atom is -0.324 e. The molecule has 140 valence electrons. The summed E-state index contributed by atoms with van der Waals surface area (Å²) in [5.74, 6) is -0.425. The lowest BCUT2D eigenvalue weighted by Gasteiger charge is -2.28. The molecule has 0 saturated heterocycles. The van der Waals surface area contributed by atoms with Crippen molar-refractivity contribution in [1.29, 1.82) is 0 Å². The number of fused-ring (bicyclic) bond motifs is 1. The van der Waals surface area contributed by atoms with E-state index in [1.165, 1.54) is 0 Å². The van der Waals surface area contributed by atoms with E-state index in [1.54, 1.807) is 37.3 Å². The summed E-state index contributed by atoms with van der Waals surface area (Å²) in [7, 11) is -3.67. The molecule has 1 atom stereocenters. The minimum absolute atomic E-state index is 0.378. The Bertz CT molecular complexity index is 1080. The lowest BCUT2D eigenvalue weighted by Crippen LogP contribution is -2.45. The highest BCUT2D eigenvalue weighted by Gasteiger charge is 2.29. The molecule has 0 radical (unpaired) electrons. The Morgan fingerprint density at radius 1 is 1.00 bits per heavy atom. The van der Waals surface area contributed by atoms with Gasteiger partial charge in [0, 0.05) is 10.7 Å². The molecule has 0 fully saturated rings. The second-order valence-corrected chi connectivity index (χ2v) is 8.56. The maximum Gasteiger partial charge on any atom is 0.247 e. The Kier molecular flexibility index (Phi) is 5.39. The molecular formula is C20H19ClN2O3S. The van der Waals surface area contributed by atoms with Crippen LogP contribution in [0.3, 0.4) is 0 Å². The van der Waals surface area contributed by atoms with Crippen molar-refractivity contribution in [3.63, 3.8) is 0 Å². The molecule has 5 nitrogen and oxygen atoms in total. The number of hydrogen-bond donors (Lipinski definition) is 1. The molecule has 0 aliphatic carbocycles. The maximum absolute atomic E-state index is 12.7. The molecule has 0 saturated carbocycles. The third-order valence-corrected chi connectivity index (χ3v) is 5.68. The molecule has 3 aromatic rings. The third kappa shape index (κ3) is 4.40. The summed E-state index contributed by atoms with van der Waals surface area (Å²) in [6.45, 7) is 1.55. The van der Waals surface area contributed by atoms with Crippen LogP contribution in [0.1, 0.15) is 6.92 Å². The summed E-state index contributed by atoms with van der Waals surface area (Å²) in [6.07, 6.45) is 1.07. The van der Waals surface area contributed by atoms with Crippen molar-refractivity contribution in [3.8, 4) is 0 Å². The monoisotopic (exact) mass is 402 g/mol. The number of halogens is 1. The van der Waals surface area contributed by atoms with Gasteiger partial charge in [0.15, 0.2) is 0 Å². The first-order valence-electron chi connectivity index (χ1n) is 8.30. The summed E-state index contributed by atoms with van der Waals surface area (Å²) in [6, 6.07) is 18.7. The fourth-order valence-electron chi connectivity index (χ4n) is 2.91. The topological polar surface area (TPSA) is 66.5 Å². The van der Waals surface area contributed by atoms with Crippen LogP contribution in [0.4, 0.5) is 11.4 Å². The predicted octanol–water partition coefficient (Wildman–Crippen LogP) is 4.29. The number of carbonyl (C=O) groups is 1. The molecule has 1 N–H and O–H groups in total. The molecule has 0 bridgehead atoms. The van der Waals surface area contributed by atoms with Crippen LogP contribution in [0.15, 0.2) is 66.7 Å². The molecule has 7 heteroatoms. The van der Waals surface area contributed by atoms with E-state index in [-0.39, 0.29) is 0 Å². The summed E-state index contributed by atoms with van der Waals surface area (Å²) in [5, 5.41) is 5.33. The van der Waals surface area contributed by atoms with Gasteiger partial charge in [0.1, 0.15) is 6.04 Å². The van der Waals surface area contributed by atoms with E-state index in [0.29, 0.717) is 16.4 Å². The SMILES string of the molecule is C[C@H](C(=O)Nc1ccc2ccccc2c1)N(c1ccc(Cl)cc1)S(C)(=O)=O. The fraction of sp³-hybridized carbons (Fsp3) is 0.150. The van der Waals surface area contributed by atoms with Gasteiger partial charge in [0.2, 0.25) is 15.9 Å². The zero-order valence-corrected chi connectivity index (χ0v) is 16.5. The molecule has 3 rings (SSSR count). The van der Waals surface area contributed by atoms with Crippen molar-refractivity contribution in [2.45, 2.75) is 13.0 Å². The standard InChI is InChI=1S/C20H19ClN2O3S/c1-14(23(27(2,25)26)19-11-8-17(21)9-12-19)20(24)22-18-10-7-15-5-3-4-6-16(15)13-18/h3-14H,1-2H3,(H,22,24)/t14-/m1/s1. The van der Waals surface area contributed by atoms with Crippen molar-refractivity contribution in [2.24, 2.45) is 0 Å². The van der Waals surface area contributed by atoms with Gasteiger partial charge >= 0.3 is 0 Å². The second-order valence-electron chi connectivity index (χ2n) is 6.26. The van der Waals surface area contributed by atoms with E-state index >= 15 is 0 Å². The molecule has 27 heavy (non-hydrogen) atoms. The number of amides is 1. The minimum atomic E-state index is -3.67. The molecule has 0 aliphatic heterocycles. The lowest BCUT2D eigenvalue weighted by atomic mass is 10.1. The van der Waals surface area contributed by atoms with E-state index in [0.717, 1.165) is 21.3 Å². The predicted molar refractivity (Wildman–Crippen MR) is 111 cm³/mol. The Morgan fingerprint density at radius 2 is 1.63 bits per heavy atom. The molecule has 0 heterocycles. The highest BCUT2D eigenvalue weighted by atomic mass is 35.5. The smallest absolute Gasteiger partial charge is 0.247 e. The number of nitrogens with one attached hydrogen (secondary N) is 1. The Labute approximate surface area is 163 Å². The number of anilines is 2. The van der Waals surface area contributed by atoms with Gasteiger partial charge in [-0.15, -0.1) is 0 Å². The fourth-order valence-corrected chi connectivity index (χ4v) is 4.21. The van der Waals surface area contributed by atoms with Crippen molar-refractivity contribution in [1.82, 2.24) is 0 Å². The van der Waals surface area contributed by atoms with Gasteiger partial charge in [-0.05, 0) is 54.1 Å². The van der Waals surface area contributed by atoms with Gasteiger partial charge in [-0.25, -0.2) is 8.42 Å². The largest absolute Gasteiger partial charge is 0.324 e. The van der Waals surface area contributed by atoms with Crippen LogP contribution >= 0.6 is 11.6 Å². The molecule has 0 spiro atoms. The molecule has 0 aliphatic rings. The Morgan fingerprint density at radius 3 is 2.26 bits per heavy atom. The van der Waals surface area contributed by atoms with Crippen molar-refractivity contribution in [2.75, 3.05) is 15.9 Å². The van der Waals surface area contributed by atoms with Gasteiger partial charge in [-0.3, -0.25) is 9.10 Å². The summed E-state index contributed by atoms with van der Waals surface area (Å²) in [5.41, 5.74) is 0.984. The molecule has 3 aromatic carbocycles. The van der Waals surface area contributed by atoms with Crippen LogP contribution in [-0.4, -0.2) is 26.6 Å². The van der Waals surface area contributed by atoms with Gasteiger partial charge in [-0.2, -0.15) is 0 Å². The number of rotatable bonds is 5. The Hall–Kier alpha value is -2.57. The van der Waals surface area contributed by atoms with Gasteiger partial charge in [0.05, 0.1) is 11.9 Å². The van der Waals surface area contributed by atoms with Crippen molar-refractivity contribution in [3.05, 3.63) is 71.8 Å². The highest BCUT2D eigenvalue weighted by molar-refractivity contribution is 7.92. The van der Waals surface area contributed by atoms with Gasteiger partial charge < -0.3 is 5.32 Å². The van der Waals surface area contributed by atoms with Gasteiger partial charge in [0.25, 0.3) is 0 Å². The summed E-state index contributed by atoms with van der Waals surface area (Å²) in [4.78, 5) is 12.7. The number of nitrogens with zero attached hydrogens (tertiary/aromatic N) is 1. The first-order chi connectivity index (χ1) is 12.8. The van der Waals surface area contributed by atoms with Crippen LogP contribution in [0.5, 0.6) is 0 Å². The number of sulfonamides is 1. The molecule has 0 unspecified atom stereocenters. The average molecular weight is 403 g/mol. The van der Waals surface area contributed by atoms with E-state index in [9.17, 15) is 13.2 Å². The molecule has 0 aromatic heterocycles. The molecule has 1 amide bonds. The van der Waals surface area contributed by atoms with Crippen LogP contribution in [0, 0.1) is 0 Å². The highest BCUT2D eigenvalue weighted by Crippen LogP contribution is 2.24. The van der Waals surface area contributed by atoms with Crippen molar-refractivity contribution >= 4 is 49.7 Å². The number of carbonyl (C=O) groups excluding carboxylic acids is 1. The first-order valence-corrected chi connectivity index (χ1v) is 10.5. The summed E-state index contributed by atoms with van der Waals surface area (Å²) >= 11 is 5.88. The average Bonchev–Trinajstić information content (AvgIpc) is 2.62. The van der Waals surface area contributed by atoms with E-state index in [4.69, 9.17) is 11.6 Å². The molecular weight excluding hydrogens is 384 g/mol. The van der Waals surface area contributed by atoms with E-state index in [1.807, 2.05) is 36.4 Å². The number of hydrogen-bond acceptors (Lipinski definition) is 3. The third-order valence-electron chi connectivity index (χ3n) is 4.19.